The summed E-state index contributed by atoms with van der Waals surface area (Å²) in [5, 5.41) is 4.26. The molecule has 1 aliphatic rings. The number of rotatable bonds is 11. The summed E-state index contributed by atoms with van der Waals surface area (Å²) in [6.07, 6.45) is 4.18. The van der Waals surface area contributed by atoms with Crippen molar-refractivity contribution in [2.75, 3.05) is 10.8 Å². The van der Waals surface area contributed by atoms with Crippen LogP contribution in [0.1, 0.15) is 50.2 Å². The minimum absolute atomic E-state index is 0.00587. The van der Waals surface area contributed by atoms with Crippen molar-refractivity contribution in [3.8, 4) is 0 Å². The van der Waals surface area contributed by atoms with Gasteiger partial charge in [0.05, 0.1) is 10.6 Å². The molecule has 1 N–H and O–H groups in total. The Labute approximate surface area is 262 Å². The van der Waals surface area contributed by atoms with Crippen LogP contribution in [0.4, 0.5) is 5.69 Å². The molecule has 7 nitrogen and oxygen atoms in total. The van der Waals surface area contributed by atoms with E-state index in [-0.39, 0.29) is 23.4 Å². The van der Waals surface area contributed by atoms with E-state index in [2.05, 4.69) is 5.32 Å². The van der Waals surface area contributed by atoms with Crippen molar-refractivity contribution in [1.29, 1.82) is 0 Å². The van der Waals surface area contributed by atoms with Crippen molar-refractivity contribution in [1.82, 2.24) is 10.2 Å². The molecule has 3 aromatic carbocycles. The van der Waals surface area contributed by atoms with Crippen molar-refractivity contribution >= 4 is 62.3 Å². The fourth-order valence-electron chi connectivity index (χ4n) is 5.17. The molecule has 4 rings (SSSR count). The average Bonchev–Trinajstić information content (AvgIpc) is 3.45. The summed E-state index contributed by atoms with van der Waals surface area (Å²) in [6.45, 7) is 3.13. The molecule has 1 fully saturated rings. The summed E-state index contributed by atoms with van der Waals surface area (Å²) in [6, 6.07) is 16.8. The van der Waals surface area contributed by atoms with Crippen LogP contribution < -0.4 is 9.62 Å². The maximum atomic E-state index is 14.2. The first-order valence-corrected chi connectivity index (χ1v) is 16.5. The molecule has 0 bridgehead atoms. The predicted octanol–water partition coefficient (Wildman–Crippen LogP) is 7.02. The van der Waals surface area contributed by atoms with Crippen LogP contribution in [0.3, 0.4) is 0 Å². The van der Waals surface area contributed by atoms with Gasteiger partial charge in [0.2, 0.25) is 11.8 Å². The van der Waals surface area contributed by atoms with Crippen molar-refractivity contribution < 1.29 is 18.0 Å². The van der Waals surface area contributed by atoms with Crippen molar-refractivity contribution in [3.05, 3.63) is 92.9 Å². The number of hydrogen-bond acceptors (Lipinski definition) is 4. The first-order chi connectivity index (χ1) is 20.0. The van der Waals surface area contributed by atoms with Crippen molar-refractivity contribution in [2.24, 2.45) is 0 Å². The van der Waals surface area contributed by atoms with Gasteiger partial charge in [0.15, 0.2) is 0 Å². The second-order valence-corrected chi connectivity index (χ2v) is 13.6. The summed E-state index contributed by atoms with van der Waals surface area (Å²) in [5.74, 6) is -0.820. The van der Waals surface area contributed by atoms with E-state index >= 15 is 0 Å². The average molecular weight is 651 g/mol. The Bertz CT molecular complexity index is 1530. The number of amides is 2. The van der Waals surface area contributed by atoms with E-state index < -0.39 is 28.5 Å². The van der Waals surface area contributed by atoms with Gasteiger partial charge in [-0.25, -0.2) is 8.42 Å². The number of benzene rings is 3. The van der Waals surface area contributed by atoms with Crippen LogP contribution in [0.15, 0.2) is 71.6 Å². The zero-order valence-corrected chi connectivity index (χ0v) is 26.6. The largest absolute Gasteiger partial charge is 0.352 e. The highest BCUT2D eigenvalue weighted by Crippen LogP contribution is 2.28. The first kappa shape index (κ1) is 32.1. The van der Waals surface area contributed by atoms with E-state index in [0.717, 1.165) is 35.6 Å². The predicted molar refractivity (Wildman–Crippen MR) is 169 cm³/mol. The van der Waals surface area contributed by atoms with E-state index in [9.17, 15) is 18.0 Å². The lowest BCUT2D eigenvalue weighted by Crippen LogP contribution is -2.53. The Balaban J connectivity index is 1.73. The Morgan fingerprint density at radius 2 is 1.62 bits per heavy atom. The highest BCUT2D eigenvalue weighted by Gasteiger charge is 2.35. The zero-order chi connectivity index (χ0) is 30.4. The van der Waals surface area contributed by atoms with Gasteiger partial charge in [-0.2, -0.15) is 0 Å². The number of carbonyl (C=O) groups excluding carboxylic acids is 2. The van der Waals surface area contributed by atoms with Gasteiger partial charge in [0.25, 0.3) is 10.0 Å². The molecule has 42 heavy (non-hydrogen) atoms. The zero-order valence-electron chi connectivity index (χ0n) is 23.5. The maximum absolute atomic E-state index is 14.2. The molecule has 1 aliphatic carbocycles. The third-order valence-corrected chi connectivity index (χ3v) is 10.0. The summed E-state index contributed by atoms with van der Waals surface area (Å²) in [5.41, 5.74) is 1.74. The van der Waals surface area contributed by atoms with E-state index in [0.29, 0.717) is 32.7 Å². The van der Waals surface area contributed by atoms with Crippen LogP contribution in [0.25, 0.3) is 0 Å². The molecular formula is C31H34Cl3N3O4S. The number of halogens is 3. The SMILES string of the molecule is CCC(C(=O)NC1CCCC1)N(Cc1ccc(Cl)cc1Cl)C(=O)CN(c1cccc(C)c1)S(=O)(=O)c1ccc(Cl)cc1. The molecule has 0 heterocycles. The van der Waals surface area contributed by atoms with Crippen LogP contribution in [0.2, 0.25) is 15.1 Å². The maximum Gasteiger partial charge on any atom is 0.264 e. The Hall–Kier alpha value is -2.78. The van der Waals surface area contributed by atoms with Crippen molar-refractivity contribution in [2.45, 2.75) is 69.5 Å². The van der Waals surface area contributed by atoms with E-state index in [1.165, 1.54) is 29.2 Å². The van der Waals surface area contributed by atoms with Gasteiger partial charge in [0.1, 0.15) is 12.6 Å². The Morgan fingerprint density at radius 1 is 0.952 bits per heavy atom. The standard InChI is InChI=1S/C31H34Cl3N3O4S/c1-3-29(31(39)35-25-8-4-5-9-25)36(19-22-11-12-24(33)18-28(22)34)30(38)20-37(26-10-6-7-21(2)17-26)42(40,41)27-15-13-23(32)14-16-27/h6-7,10-18,25,29H,3-5,8-9,19-20H2,1-2H3,(H,35,39). The summed E-state index contributed by atoms with van der Waals surface area (Å²) < 4.78 is 29.0. The number of nitrogens with zero attached hydrogens (tertiary/aromatic N) is 2. The second-order valence-electron chi connectivity index (χ2n) is 10.5. The lowest BCUT2D eigenvalue weighted by molar-refractivity contribution is -0.140. The number of aryl methyl sites for hydroxylation is 1. The minimum atomic E-state index is -4.19. The molecule has 0 radical (unpaired) electrons. The molecule has 0 aliphatic heterocycles. The number of sulfonamides is 1. The highest BCUT2D eigenvalue weighted by atomic mass is 35.5. The topological polar surface area (TPSA) is 86.8 Å². The third kappa shape index (κ3) is 7.78. The number of nitrogens with one attached hydrogen (secondary N) is 1. The molecule has 1 atom stereocenters. The molecule has 0 aromatic heterocycles. The monoisotopic (exact) mass is 649 g/mol. The molecule has 0 saturated heterocycles. The van der Waals surface area contributed by atoms with Gasteiger partial charge in [-0.3, -0.25) is 13.9 Å². The van der Waals surface area contributed by atoms with Gasteiger partial charge < -0.3 is 10.2 Å². The number of anilines is 1. The second kappa shape index (κ2) is 14.1. The Kier molecular flexibility index (Phi) is 10.8. The number of hydrogen-bond donors (Lipinski definition) is 1. The van der Waals surface area contributed by atoms with Gasteiger partial charge in [-0.15, -0.1) is 0 Å². The third-order valence-electron chi connectivity index (χ3n) is 7.41. The summed E-state index contributed by atoms with van der Waals surface area (Å²) in [4.78, 5) is 29.2. The van der Waals surface area contributed by atoms with Crippen LogP contribution in [0.5, 0.6) is 0 Å². The van der Waals surface area contributed by atoms with E-state index in [4.69, 9.17) is 34.8 Å². The fraction of sp³-hybridized carbons (Fsp3) is 0.355. The van der Waals surface area contributed by atoms with Crippen LogP contribution in [-0.2, 0) is 26.2 Å². The number of carbonyl (C=O) groups is 2. The van der Waals surface area contributed by atoms with Gasteiger partial charge in [0, 0.05) is 27.7 Å². The summed E-state index contributed by atoms with van der Waals surface area (Å²) >= 11 is 18.6. The highest BCUT2D eigenvalue weighted by molar-refractivity contribution is 7.92. The van der Waals surface area contributed by atoms with E-state index in [1.54, 1.807) is 36.4 Å². The van der Waals surface area contributed by atoms with Crippen LogP contribution in [0, 0.1) is 6.92 Å². The first-order valence-electron chi connectivity index (χ1n) is 13.9. The molecule has 0 spiro atoms. The lowest BCUT2D eigenvalue weighted by atomic mass is 10.1. The minimum Gasteiger partial charge on any atom is -0.352 e. The molecule has 1 saturated carbocycles. The molecular weight excluding hydrogens is 617 g/mol. The van der Waals surface area contributed by atoms with Gasteiger partial charge in [-0.1, -0.05) is 72.8 Å². The van der Waals surface area contributed by atoms with E-state index in [1.807, 2.05) is 19.9 Å². The molecule has 1 unspecified atom stereocenters. The fourth-order valence-corrected chi connectivity index (χ4v) is 7.17. The van der Waals surface area contributed by atoms with Crippen LogP contribution in [-0.4, -0.2) is 43.8 Å². The molecule has 3 aromatic rings. The van der Waals surface area contributed by atoms with Gasteiger partial charge in [-0.05, 0) is 85.8 Å². The van der Waals surface area contributed by atoms with Gasteiger partial charge >= 0.3 is 0 Å². The lowest BCUT2D eigenvalue weighted by Gasteiger charge is -2.34. The Morgan fingerprint density at radius 3 is 2.24 bits per heavy atom. The molecule has 11 heteroatoms. The molecule has 224 valence electrons. The molecule has 2 amide bonds. The summed E-state index contributed by atoms with van der Waals surface area (Å²) in [7, 11) is -4.19. The van der Waals surface area contributed by atoms with Crippen molar-refractivity contribution in [3.63, 3.8) is 0 Å². The normalized spacial score (nSPS) is 14.4. The van der Waals surface area contributed by atoms with Crippen LogP contribution >= 0.6 is 34.8 Å². The smallest absolute Gasteiger partial charge is 0.264 e. The quantitative estimate of drug-likeness (QED) is 0.242.